The van der Waals surface area contributed by atoms with E-state index in [1.807, 2.05) is 0 Å². The van der Waals surface area contributed by atoms with Crippen LogP contribution in [0.4, 0.5) is 13.2 Å². The lowest BCUT2D eigenvalue weighted by Gasteiger charge is -2.12. The van der Waals surface area contributed by atoms with E-state index in [0.29, 0.717) is 6.42 Å². The van der Waals surface area contributed by atoms with Crippen LogP contribution in [0.5, 0.6) is 0 Å². The van der Waals surface area contributed by atoms with Crippen LogP contribution >= 0.6 is 0 Å². The molecule has 19 heavy (non-hydrogen) atoms. The molecule has 0 spiro atoms. The van der Waals surface area contributed by atoms with Crippen LogP contribution in [0.25, 0.3) is 0 Å². The summed E-state index contributed by atoms with van der Waals surface area (Å²) in [6.07, 6.45) is 1.99. The van der Waals surface area contributed by atoms with Crippen molar-refractivity contribution in [1.29, 1.82) is 0 Å². The minimum Gasteiger partial charge on any atom is -0.327 e. The number of hydrogen-bond donors (Lipinski definition) is 1. The monoisotopic (exact) mass is 273 g/mol. The van der Waals surface area contributed by atoms with E-state index in [2.05, 4.69) is 6.92 Å². The van der Waals surface area contributed by atoms with Crippen LogP contribution in [0.3, 0.4) is 0 Å². The topological polar surface area (TPSA) is 26.0 Å². The van der Waals surface area contributed by atoms with Gasteiger partial charge in [0.05, 0.1) is 5.56 Å². The van der Waals surface area contributed by atoms with E-state index < -0.39 is 11.7 Å². The maximum atomic E-state index is 12.4. The first-order valence-corrected chi connectivity index (χ1v) is 6.85. The number of halogens is 3. The molecule has 0 saturated heterocycles. The number of rotatable bonds is 7. The molecule has 1 unspecified atom stereocenters. The molecular formula is C15H22F3N. The van der Waals surface area contributed by atoms with Crippen molar-refractivity contribution in [2.45, 2.75) is 57.7 Å². The summed E-state index contributed by atoms with van der Waals surface area (Å²) >= 11 is 0. The standard InChI is InChI=1S/C15H22F3N/c1-2-3-4-5-6-14(19)11-12-7-9-13(10-8-12)15(16,17)18/h7-10,14H,2-6,11,19H2,1H3. The third-order valence-electron chi connectivity index (χ3n) is 3.21. The van der Waals surface area contributed by atoms with E-state index >= 15 is 0 Å². The zero-order valence-corrected chi connectivity index (χ0v) is 11.3. The first-order valence-electron chi connectivity index (χ1n) is 6.85. The summed E-state index contributed by atoms with van der Waals surface area (Å²) in [5.41, 5.74) is 6.26. The van der Waals surface area contributed by atoms with E-state index in [1.54, 1.807) is 0 Å². The molecular weight excluding hydrogens is 251 g/mol. The van der Waals surface area contributed by atoms with Gasteiger partial charge in [0.1, 0.15) is 0 Å². The van der Waals surface area contributed by atoms with Crippen molar-refractivity contribution in [1.82, 2.24) is 0 Å². The Balaban J connectivity index is 2.40. The number of unbranched alkanes of at least 4 members (excludes halogenated alkanes) is 3. The van der Waals surface area contributed by atoms with Gasteiger partial charge in [0.2, 0.25) is 0 Å². The van der Waals surface area contributed by atoms with E-state index in [-0.39, 0.29) is 6.04 Å². The van der Waals surface area contributed by atoms with Gasteiger partial charge in [-0.15, -0.1) is 0 Å². The highest BCUT2D eigenvalue weighted by molar-refractivity contribution is 5.25. The third kappa shape index (κ3) is 6.10. The maximum absolute atomic E-state index is 12.4. The molecule has 0 aliphatic heterocycles. The Bertz CT molecular complexity index is 357. The summed E-state index contributed by atoms with van der Waals surface area (Å²) in [6.45, 7) is 2.15. The normalized spacial score (nSPS) is 13.5. The lowest BCUT2D eigenvalue weighted by molar-refractivity contribution is -0.137. The Morgan fingerprint density at radius 1 is 1.05 bits per heavy atom. The van der Waals surface area contributed by atoms with Crippen molar-refractivity contribution in [3.05, 3.63) is 35.4 Å². The van der Waals surface area contributed by atoms with Crippen LogP contribution in [0.15, 0.2) is 24.3 Å². The summed E-state index contributed by atoms with van der Waals surface area (Å²) in [6, 6.07) is 5.33. The van der Waals surface area contributed by atoms with Crippen LogP contribution in [-0.2, 0) is 12.6 Å². The summed E-state index contributed by atoms with van der Waals surface area (Å²) < 4.78 is 37.2. The molecule has 0 saturated carbocycles. The first kappa shape index (κ1) is 16.0. The second-order valence-electron chi connectivity index (χ2n) is 5.01. The minimum atomic E-state index is -4.26. The summed E-state index contributed by atoms with van der Waals surface area (Å²) in [4.78, 5) is 0. The zero-order valence-electron chi connectivity index (χ0n) is 11.3. The molecule has 0 heterocycles. The van der Waals surface area contributed by atoms with Gasteiger partial charge in [0.15, 0.2) is 0 Å². The third-order valence-corrected chi connectivity index (χ3v) is 3.21. The van der Waals surface area contributed by atoms with Crippen LogP contribution in [0.1, 0.15) is 50.2 Å². The molecule has 2 N–H and O–H groups in total. The van der Waals surface area contributed by atoms with Crippen LogP contribution in [-0.4, -0.2) is 6.04 Å². The van der Waals surface area contributed by atoms with E-state index in [0.717, 1.165) is 30.5 Å². The van der Waals surface area contributed by atoms with Crippen molar-refractivity contribution in [2.75, 3.05) is 0 Å². The average Bonchev–Trinajstić information content (AvgIpc) is 2.34. The smallest absolute Gasteiger partial charge is 0.327 e. The highest BCUT2D eigenvalue weighted by Crippen LogP contribution is 2.29. The van der Waals surface area contributed by atoms with Gasteiger partial charge in [-0.1, -0.05) is 44.7 Å². The Morgan fingerprint density at radius 3 is 2.21 bits per heavy atom. The molecule has 4 heteroatoms. The molecule has 1 atom stereocenters. The SMILES string of the molecule is CCCCCCC(N)Cc1ccc(C(F)(F)F)cc1. The number of alkyl halides is 3. The summed E-state index contributed by atoms with van der Waals surface area (Å²) in [5.74, 6) is 0. The van der Waals surface area contributed by atoms with Crippen molar-refractivity contribution in [2.24, 2.45) is 5.73 Å². The van der Waals surface area contributed by atoms with Crippen molar-refractivity contribution < 1.29 is 13.2 Å². The van der Waals surface area contributed by atoms with E-state index in [1.165, 1.54) is 31.4 Å². The molecule has 0 fully saturated rings. The van der Waals surface area contributed by atoms with Crippen molar-refractivity contribution >= 4 is 0 Å². The Labute approximate surface area is 113 Å². The van der Waals surface area contributed by atoms with Crippen LogP contribution in [0.2, 0.25) is 0 Å². The van der Waals surface area contributed by atoms with Gasteiger partial charge in [-0.3, -0.25) is 0 Å². The Morgan fingerprint density at radius 2 is 1.68 bits per heavy atom. The van der Waals surface area contributed by atoms with Gasteiger partial charge in [0, 0.05) is 6.04 Å². The average molecular weight is 273 g/mol. The first-order chi connectivity index (χ1) is 8.93. The molecule has 0 aromatic heterocycles. The van der Waals surface area contributed by atoms with Gasteiger partial charge in [-0.25, -0.2) is 0 Å². The molecule has 0 aliphatic carbocycles. The maximum Gasteiger partial charge on any atom is 0.416 e. The lowest BCUT2D eigenvalue weighted by atomic mass is 10.00. The van der Waals surface area contributed by atoms with Crippen molar-refractivity contribution in [3.8, 4) is 0 Å². The molecule has 0 bridgehead atoms. The highest BCUT2D eigenvalue weighted by atomic mass is 19.4. The highest BCUT2D eigenvalue weighted by Gasteiger charge is 2.29. The van der Waals surface area contributed by atoms with E-state index in [4.69, 9.17) is 5.73 Å². The summed E-state index contributed by atoms with van der Waals surface area (Å²) in [5, 5.41) is 0. The van der Waals surface area contributed by atoms with Gasteiger partial charge < -0.3 is 5.73 Å². The largest absolute Gasteiger partial charge is 0.416 e. The Kier molecular flexibility index (Phi) is 6.35. The second-order valence-corrected chi connectivity index (χ2v) is 5.01. The molecule has 1 aromatic rings. The van der Waals surface area contributed by atoms with Gasteiger partial charge in [0.25, 0.3) is 0 Å². The Hall–Kier alpha value is -1.03. The lowest BCUT2D eigenvalue weighted by Crippen LogP contribution is -2.22. The molecule has 0 aliphatic rings. The van der Waals surface area contributed by atoms with Crippen LogP contribution in [0, 0.1) is 0 Å². The second kappa shape index (κ2) is 7.53. The predicted octanol–water partition coefficient (Wildman–Crippen LogP) is 4.55. The number of benzene rings is 1. The van der Waals surface area contributed by atoms with Crippen LogP contribution < -0.4 is 5.73 Å². The predicted molar refractivity (Wildman–Crippen MR) is 71.9 cm³/mol. The fourth-order valence-corrected chi connectivity index (χ4v) is 2.07. The molecule has 1 aromatic carbocycles. The number of nitrogens with two attached hydrogens (primary N) is 1. The fraction of sp³-hybridized carbons (Fsp3) is 0.600. The molecule has 1 rings (SSSR count). The van der Waals surface area contributed by atoms with E-state index in [9.17, 15) is 13.2 Å². The van der Waals surface area contributed by atoms with Gasteiger partial charge >= 0.3 is 6.18 Å². The van der Waals surface area contributed by atoms with Gasteiger partial charge in [-0.05, 0) is 30.5 Å². The molecule has 108 valence electrons. The molecule has 0 amide bonds. The van der Waals surface area contributed by atoms with Gasteiger partial charge in [-0.2, -0.15) is 13.2 Å². The number of hydrogen-bond acceptors (Lipinski definition) is 1. The molecule has 0 radical (unpaired) electrons. The molecule has 1 nitrogen and oxygen atoms in total. The fourth-order valence-electron chi connectivity index (χ4n) is 2.07. The van der Waals surface area contributed by atoms with Crippen molar-refractivity contribution in [3.63, 3.8) is 0 Å². The zero-order chi connectivity index (χ0) is 14.3. The minimum absolute atomic E-state index is 0.0357. The summed E-state index contributed by atoms with van der Waals surface area (Å²) in [7, 11) is 0. The quantitative estimate of drug-likeness (QED) is 0.725.